The van der Waals surface area contributed by atoms with Crippen LogP contribution >= 0.6 is 11.6 Å². The third-order valence-electron chi connectivity index (χ3n) is 2.97. The molecule has 6 nitrogen and oxygen atoms in total. The minimum atomic E-state index is -4.57. The SMILES string of the molecule is O=C(O)CCn1ccc(C(=O)Nc2cc(C(F)(F)F)ccc2Cl)n1. The Morgan fingerprint density at radius 3 is 2.62 bits per heavy atom. The summed E-state index contributed by atoms with van der Waals surface area (Å²) in [5.74, 6) is -1.78. The molecule has 10 heteroatoms. The van der Waals surface area contributed by atoms with Crippen molar-refractivity contribution in [1.82, 2.24) is 9.78 Å². The van der Waals surface area contributed by atoms with Gasteiger partial charge in [-0.15, -0.1) is 0 Å². The number of halogens is 4. The van der Waals surface area contributed by atoms with Crippen molar-refractivity contribution in [3.8, 4) is 0 Å². The topological polar surface area (TPSA) is 84.2 Å². The number of hydrogen-bond acceptors (Lipinski definition) is 3. The van der Waals surface area contributed by atoms with Crippen LogP contribution < -0.4 is 5.32 Å². The van der Waals surface area contributed by atoms with Gasteiger partial charge in [-0.2, -0.15) is 18.3 Å². The summed E-state index contributed by atoms with van der Waals surface area (Å²) in [6.45, 7) is 0.0624. The lowest BCUT2D eigenvalue weighted by molar-refractivity contribution is -0.138. The third kappa shape index (κ3) is 4.48. The largest absolute Gasteiger partial charge is 0.481 e. The molecule has 128 valence electrons. The van der Waals surface area contributed by atoms with Gasteiger partial charge in [0.05, 0.1) is 29.2 Å². The van der Waals surface area contributed by atoms with Crippen LogP contribution in [-0.4, -0.2) is 26.8 Å². The Bertz CT molecular complexity index is 774. The molecule has 0 unspecified atom stereocenters. The van der Waals surface area contributed by atoms with Crippen LogP contribution in [0.5, 0.6) is 0 Å². The fraction of sp³-hybridized carbons (Fsp3) is 0.214. The van der Waals surface area contributed by atoms with E-state index in [1.807, 2.05) is 0 Å². The van der Waals surface area contributed by atoms with Crippen molar-refractivity contribution in [2.24, 2.45) is 0 Å². The van der Waals surface area contributed by atoms with Crippen molar-refractivity contribution < 1.29 is 27.9 Å². The molecule has 1 aromatic carbocycles. The minimum absolute atomic E-state index is 0.0540. The Morgan fingerprint density at radius 1 is 1.29 bits per heavy atom. The van der Waals surface area contributed by atoms with E-state index in [1.165, 1.54) is 16.9 Å². The molecule has 0 spiro atoms. The zero-order valence-electron chi connectivity index (χ0n) is 12.0. The number of hydrogen-bond donors (Lipinski definition) is 2. The number of nitrogens with zero attached hydrogens (tertiary/aromatic N) is 2. The first-order chi connectivity index (χ1) is 11.2. The summed E-state index contributed by atoms with van der Waals surface area (Å²) in [5, 5.41) is 14.6. The van der Waals surface area contributed by atoms with Crippen molar-refractivity contribution in [3.05, 3.63) is 46.7 Å². The van der Waals surface area contributed by atoms with Crippen LogP contribution in [0.3, 0.4) is 0 Å². The Balaban J connectivity index is 2.13. The zero-order chi connectivity index (χ0) is 17.9. The highest BCUT2D eigenvalue weighted by Gasteiger charge is 2.31. The molecule has 24 heavy (non-hydrogen) atoms. The summed E-state index contributed by atoms with van der Waals surface area (Å²) >= 11 is 5.79. The van der Waals surface area contributed by atoms with Gasteiger partial charge < -0.3 is 10.4 Å². The van der Waals surface area contributed by atoms with Crippen molar-refractivity contribution >= 4 is 29.2 Å². The monoisotopic (exact) mass is 361 g/mol. The number of carbonyl (C=O) groups is 2. The number of rotatable bonds is 5. The normalized spacial score (nSPS) is 11.3. The van der Waals surface area contributed by atoms with E-state index in [0.717, 1.165) is 18.2 Å². The second kappa shape index (κ2) is 6.91. The van der Waals surface area contributed by atoms with E-state index in [1.54, 1.807) is 0 Å². The summed E-state index contributed by atoms with van der Waals surface area (Å²) in [4.78, 5) is 22.5. The number of carboxylic acids is 1. The molecule has 1 aromatic heterocycles. The number of aryl methyl sites for hydroxylation is 1. The highest BCUT2D eigenvalue weighted by Crippen LogP contribution is 2.33. The quantitative estimate of drug-likeness (QED) is 0.856. The fourth-order valence-corrected chi connectivity index (χ4v) is 1.97. The molecular formula is C14H11ClF3N3O3. The first-order valence-electron chi connectivity index (χ1n) is 6.60. The Hall–Kier alpha value is -2.55. The van der Waals surface area contributed by atoms with Crippen LogP contribution in [0.2, 0.25) is 5.02 Å². The molecule has 0 saturated carbocycles. The highest BCUT2D eigenvalue weighted by molar-refractivity contribution is 6.33. The smallest absolute Gasteiger partial charge is 0.416 e. The van der Waals surface area contributed by atoms with Gasteiger partial charge in [0, 0.05) is 6.20 Å². The first kappa shape index (κ1) is 17.8. The predicted molar refractivity (Wildman–Crippen MR) is 78.9 cm³/mol. The number of nitrogens with one attached hydrogen (secondary N) is 1. The predicted octanol–water partition coefficient (Wildman–Crippen LogP) is 3.28. The molecule has 2 rings (SSSR count). The fourth-order valence-electron chi connectivity index (χ4n) is 1.80. The maximum absolute atomic E-state index is 12.7. The average molecular weight is 362 g/mol. The molecule has 0 fully saturated rings. The maximum Gasteiger partial charge on any atom is 0.416 e. The van der Waals surface area contributed by atoms with Crippen LogP contribution in [0.4, 0.5) is 18.9 Å². The molecular weight excluding hydrogens is 351 g/mol. The van der Waals surface area contributed by atoms with Crippen LogP contribution in [0.1, 0.15) is 22.5 Å². The molecule has 0 aliphatic carbocycles. The zero-order valence-corrected chi connectivity index (χ0v) is 12.7. The van der Waals surface area contributed by atoms with E-state index in [0.29, 0.717) is 0 Å². The number of amides is 1. The third-order valence-corrected chi connectivity index (χ3v) is 3.30. The first-order valence-corrected chi connectivity index (χ1v) is 6.98. The molecule has 0 saturated heterocycles. The number of alkyl halides is 3. The summed E-state index contributed by atoms with van der Waals surface area (Å²) < 4.78 is 39.3. The molecule has 0 bridgehead atoms. The number of carbonyl (C=O) groups excluding carboxylic acids is 1. The van der Waals surface area contributed by atoms with Gasteiger partial charge in [0.25, 0.3) is 5.91 Å². The molecule has 1 amide bonds. The number of anilines is 1. The molecule has 0 radical (unpaired) electrons. The second-order valence-corrected chi connectivity index (χ2v) is 5.16. The lowest BCUT2D eigenvalue weighted by Crippen LogP contribution is -2.15. The summed E-state index contributed by atoms with van der Waals surface area (Å²) in [6, 6.07) is 3.88. The molecule has 2 N–H and O–H groups in total. The van der Waals surface area contributed by atoms with Crippen LogP contribution in [0, 0.1) is 0 Å². The van der Waals surface area contributed by atoms with Crippen LogP contribution in [-0.2, 0) is 17.5 Å². The maximum atomic E-state index is 12.7. The van der Waals surface area contributed by atoms with Gasteiger partial charge in [0.1, 0.15) is 0 Å². The van der Waals surface area contributed by atoms with Gasteiger partial charge in [0.15, 0.2) is 5.69 Å². The average Bonchev–Trinajstić information content (AvgIpc) is 2.95. The summed E-state index contributed by atoms with van der Waals surface area (Å²) in [5.41, 5.74) is -1.22. The van der Waals surface area contributed by atoms with Gasteiger partial charge in [-0.1, -0.05) is 11.6 Å². The lowest BCUT2D eigenvalue weighted by Gasteiger charge is -2.11. The van der Waals surface area contributed by atoms with Crippen molar-refractivity contribution in [2.45, 2.75) is 19.1 Å². The number of benzene rings is 1. The molecule has 2 aromatic rings. The Kier molecular flexibility index (Phi) is 5.13. The summed E-state index contributed by atoms with van der Waals surface area (Å²) in [6.07, 6.45) is -3.35. The second-order valence-electron chi connectivity index (χ2n) is 4.75. The number of carboxylic acid groups (broad SMARTS) is 1. The lowest BCUT2D eigenvalue weighted by atomic mass is 10.2. The molecule has 0 atom stereocenters. The van der Waals surface area contributed by atoms with E-state index in [9.17, 15) is 22.8 Å². The van der Waals surface area contributed by atoms with E-state index in [2.05, 4.69) is 10.4 Å². The standard InChI is InChI=1S/C14H11ClF3N3O3/c15-9-2-1-8(14(16,17)18)7-11(9)19-13(24)10-3-5-21(20-10)6-4-12(22)23/h1-3,5,7H,4,6H2,(H,19,24)(H,22,23). The van der Waals surface area contributed by atoms with Gasteiger partial charge in [-0.25, -0.2) is 0 Å². The minimum Gasteiger partial charge on any atom is -0.481 e. The molecule has 0 aliphatic heterocycles. The Labute approximate surface area is 138 Å². The van der Waals surface area contributed by atoms with Gasteiger partial charge >= 0.3 is 12.1 Å². The van der Waals surface area contributed by atoms with Gasteiger partial charge in [0.2, 0.25) is 0 Å². The molecule has 0 aliphatic rings. The van der Waals surface area contributed by atoms with Crippen LogP contribution in [0.15, 0.2) is 30.5 Å². The van der Waals surface area contributed by atoms with Crippen LogP contribution in [0.25, 0.3) is 0 Å². The van der Waals surface area contributed by atoms with E-state index < -0.39 is 23.6 Å². The van der Waals surface area contributed by atoms with E-state index in [-0.39, 0.29) is 29.4 Å². The van der Waals surface area contributed by atoms with Gasteiger partial charge in [-0.3, -0.25) is 14.3 Å². The van der Waals surface area contributed by atoms with Crippen molar-refractivity contribution in [2.75, 3.05) is 5.32 Å². The highest BCUT2D eigenvalue weighted by atomic mass is 35.5. The van der Waals surface area contributed by atoms with E-state index >= 15 is 0 Å². The van der Waals surface area contributed by atoms with Crippen molar-refractivity contribution in [3.63, 3.8) is 0 Å². The number of aromatic nitrogens is 2. The van der Waals surface area contributed by atoms with Gasteiger partial charge in [-0.05, 0) is 24.3 Å². The van der Waals surface area contributed by atoms with E-state index in [4.69, 9.17) is 16.7 Å². The summed E-state index contributed by atoms with van der Waals surface area (Å²) in [7, 11) is 0. The number of aliphatic carboxylic acids is 1. The Morgan fingerprint density at radius 2 is 2.00 bits per heavy atom. The molecule has 1 heterocycles. The van der Waals surface area contributed by atoms with Crippen molar-refractivity contribution in [1.29, 1.82) is 0 Å².